The third kappa shape index (κ3) is 2.85. The van der Waals surface area contributed by atoms with Gasteiger partial charge >= 0.3 is 6.03 Å². The van der Waals surface area contributed by atoms with Gasteiger partial charge in [0.05, 0.1) is 6.54 Å². The van der Waals surface area contributed by atoms with Gasteiger partial charge in [0.25, 0.3) is 0 Å². The first-order chi connectivity index (χ1) is 6.65. The zero-order chi connectivity index (χ0) is 10.6. The van der Waals surface area contributed by atoms with E-state index in [0.717, 1.165) is 13.0 Å². The molecule has 3 N–H and O–H groups in total. The average molecular weight is 200 g/mol. The highest BCUT2D eigenvalue weighted by Crippen LogP contribution is 2.15. The lowest BCUT2D eigenvalue weighted by molar-refractivity contribution is 0.135. The number of rotatable bonds is 2. The molecule has 1 aliphatic rings. The first-order valence-corrected chi connectivity index (χ1v) is 5.09. The molecule has 0 aliphatic carbocycles. The van der Waals surface area contributed by atoms with E-state index in [1.165, 1.54) is 17.9 Å². The molecule has 1 saturated heterocycles. The maximum absolute atomic E-state index is 11.2. The molecule has 14 heavy (non-hydrogen) atoms. The van der Waals surface area contributed by atoms with Crippen molar-refractivity contribution in [2.45, 2.75) is 25.3 Å². The maximum atomic E-state index is 11.2. The number of nitrogens with two attached hydrogens (primary N) is 1. The quantitative estimate of drug-likeness (QED) is 0.374. The molecule has 1 heterocycles. The molecule has 5 heteroatoms. The second kappa shape index (κ2) is 5.17. The second-order valence-corrected chi connectivity index (χ2v) is 3.84. The highest BCUT2D eigenvalue weighted by atomic mass is 16.2. The summed E-state index contributed by atoms with van der Waals surface area (Å²) in [6.45, 7) is 1.71. The molecule has 82 valence electrons. The lowest BCUT2D eigenvalue weighted by Crippen LogP contribution is -2.51. The highest BCUT2D eigenvalue weighted by Gasteiger charge is 2.21. The van der Waals surface area contributed by atoms with Crippen LogP contribution in [0.5, 0.6) is 0 Å². The number of nitrogens with zero attached hydrogens (tertiary/aromatic N) is 2. The molecule has 1 rings (SSSR count). The van der Waals surface area contributed by atoms with Crippen molar-refractivity contribution in [3.63, 3.8) is 0 Å². The van der Waals surface area contributed by atoms with E-state index in [-0.39, 0.29) is 6.03 Å². The van der Waals surface area contributed by atoms with Gasteiger partial charge in [-0.05, 0) is 26.4 Å². The number of amides is 2. The summed E-state index contributed by atoms with van der Waals surface area (Å²) in [4.78, 5) is 13.4. The number of likely N-dealkylation sites (tertiary alicyclic amines) is 1. The van der Waals surface area contributed by atoms with Gasteiger partial charge in [-0.3, -0.25) is 5.01 Å². The van der Waals surface area contributed by atoms with Crippen molar-refractivity contribution >= 4 is 6.03 Å². The van der Waals surface area contributed by atoms with Crippen molar-refractivity contribution in [1.29, 1.82) is 0 Å². The Morgan fingerprint density at radius 1 is 1.64 bits per heavy atom. The molecule has 1 aliphatic heterocycles. The Balaban J connectivity index is 2.38. The summed E-state index contributed by atoms with van der Waals surface area (Å²) < 4.78 is 0. The van der Waals surface area contributed by atoms with Gasteiger partial charge in [0.15, 0.2) is 0 Å². The van der Waals surface area contributed by atoms with Crippen LogP contribution >= 0.6 is 0 Å². The minimum atomic E-state index is -0.219. The van der Waals surface area contributed by atoms with Crippen LogP contribution in [0.25, 0.3) is 0 Å². The van der Waals surface area contributed by atoms with Gasteiger partial charge < -0.3 is 10.2 Å². The zero-order valence-corrected chi connectivity index (χ0v) is 8.99. The summed E-state index contributed by atoms with van der Waals surface area (Å²) in [6, 6.07) is 0.190. The summed E-state index contributed by atoms with van der Waals surface area (Å²) >= 11 is 0. The zero-order valence-electron chi connectivity index (χ0n) is 8.99. The van der Waals surface area contributed by atoms with Crippen molar-refractivity contribution < 1.29 is 4.79 Å². The van der Waals surface area contributed by atoms with Gasteiger partial charge in [-0.2, -0.15) is 0 Å². The number of urea groups is 1. The molecule has 0 radical (unpaired) electrons. The Hall–Kier alpha value is -0.810. The number of likely N-dealkylation sites (N-methyl/N-ethyl adjacent to an activating group) is 1. The normalized spacial score (nSPS) is 23.2. The molecule has 0 aromatic heterocycles. The van der Waals surface area contributed by atoms with Gasteiger partial charge in [0.2, 0.25) is 0 Å². The van der Waals surface area contributed by atoms with Crippen molar-refractivity contribution in [1.82, 2.24) is 15.2 Å². The third-order valence-corrected chi connectivity index (χ3v) is 2.80. The molecule has 0 aromatic carbocycles. The van der Waals surface area contributed by atoms with Crippen LogP contribution in [0.15, 0.2) is 0 Å². The molecule has 2 amide bonds. The van der Waals surface area contributed by atoms with E-state index in [1.54, 1.807) is 7.05 Å². The van der Waals surface area contributed by atoms with Gasteiger partial charge in [-0.1, -0.05) is 6.42 Å². The van der Waals surface area contributed by atoms with E-state index in [1.807, 2.05) is 0 Å². The highest BCUT2D eigenvalue weighted by molar-refractivity contribution is 5.73. The van der Waals surface area contributed by atoms with Gasteiger partial charge in [0, 0.05) is 13.1 Å². The molecule has 0 bridgehead atoms. The predicted octanol–water partition coefficient (Wildman–Crippen LogP) is -0.0142. The predicted molar refractivity (Wildman–Crippen MR) is 55.6 cm³/mol. The van der Waals surface area contributed by atoms with E-state index in [9.17, 15) is 4.79 Å². The summed E-state index contributed by atoms with van der Waals surface area (Å²) in [5.74, 6) is 5.62. The molecule has 0 unspecified atom stereocenters. The van der Waals surface area contributed by atoms with Gasteiger partial charge in [-0.25, -0.2) is 10.6 Å². The van der Waals surface area contributed by atoms with Crippen LogP contribution in [-0.4, -0.2) is 49.2 Å². The lowest BCUT2D eigenvalue weighted by Gasteiger charge is -2.34. The van der Waals surface area contributed by atoms with Crippen LogP contribution in [0.1, 0.15) is 19.3 Å². The minimum absolute atomic E-state index is 0.219. The minimum Gasteiger partial charge on any atom is -0.340 e. The summed E-state index contributed by atoms with van der Waals surface area (Å²) in [5, 5.41) is 3.77. The topological polar surface area (TPSA) is 61.6 Å². The van der Waals surface area contributed by atoms with Crippen LogP contribution in [-0.2, 0) is 0 Å². The Morgan fingerprint density at radius 3 is 2.93 bits per heavy atom. The SMILES string of the molecule is CNC(=O)N(N)C[C@@H]1CCCCN1C. The first kappa shape index (κ1) is 11.3. The van der Waals surface area contributed by atoms with E-state index in [0.29, 0.717) is 12.6 Å². The fraction of sp³-hybridized carbons (Fsp3) is 0.889. The van der Waals surface area contributed by atoms with Crippen molar-refractivity contribution in [2.75, 3.05) is 27.2 Å². The third-order valence-electron chi connectivity index (χ3n) is 2.80. The number of hydrogen-bond acceptors (Lipinski definition) is 3. The van der Waals surface area contributed by atoms with Crippen molar-refractivity contribution in [3.8, 4) is 0 Å². The number of hydrazine groups is 1. The Morgan fingerprint density at radius 2 is 2.36 bits per heavy atom. The van der Waals surface area contributed by atoms with Crippen LogP contribution in [0, 0.1) is 0 Å². The monoisotopic (exact) mass is 200 g/mol. The van der Waals surface area contributed by atoms with Crippen molar-refractivity contribution in [2.24, 2.45) is 5.84 Å². The van der Waals surface area contributed by atoms with Crippen LogP contribution < -0.4 is 11.2 Å². The first-order valence-electron chi connectivity index (χ1n) is 5.09. The molecule has 1 atom stereocenters. The number of piperidine rings is 1. The van der Waals surface area contributed by atoms with Crippen LogP contribution in [0.3, 0.4) is 0 Å². The molecular weight excluding hydrogens is 180 g/mol. The second-order valence-electron chi connectivity index (χ2n) is 3.84. The largest absolute Gasteiger partial charge is 0.340 e. The molecule has 0 spiro atoms. The standard InChI is InChI=1S/C9H20N4O/c1-11-9(14)13(10)7-8-5-3-4-6-12(8)2/h8H,3-7,10H2,1-2H3,(H,11,14)/t8-/m0/s1. The molecule has 0 aromatic rings. The summed E-state index contributed by atoms with van der Waals surface area (Å²) in [7, 11) is 3.67. The van der Waals surface area contributed by atoms with E-state index < -0.39 is 0 Å². The Labute approximate surface area is 85.2 Å². The maximum Gasteiger partial charge on any atom is 0.331 e. The van der Waals surface area contributed by atoms with Crippen LogP contribution in [0.4, 0.5) is 4.79 Å². The number of carbonyl (C=O) groups is 1. The fourth-order valence-corrected chi connectivity index (χ4v) is 1.83. The molecule has 0 saturated carbocycles. The number of carbonyl (C=O) groups excluding carboxylic acids is 1. The average Bonchev–Trinajstić information content (AvgIpc) is 2.20. The summed E-state index contributed by atoms with van der Waals surface area (Å²) in [6.07, 6.45) is 3.61. The lowest BCUT2D eigenvalue weighted by atomic mass is 10.0. The number of nitrogens with one attached hydrogen (secondary N) is 1. The molecular formula is C9H20N4O. The molecule has 1 fully saturated rings. The Bertz CT molecular complexity index is 197. The van der Waals surface area contributed by atoms with E-state index >= 15 is 0 Å². The van der Waals surface area contributed by atoms with Gasteiger partial charge in [-0.15, -0.1) is 0 Å². The Kier molecular flexibility index (Phi) is 4.16. The van der Waals surface area contributed by atoms with E-state index in [4.69, 9.17) is 5.84 Å². The fourth-order valence-electron chi connectivity index (χ4n) is 1.83. The molecule has 5 nitrogen and oxygen atoms in total. The smallest absolute Gasteiger partial charge is 0.331 e. The summed E-state index contributed by atoms with van der Waals surface area (Å²) in [5.41, 5.74) is 0. The van der Waals surface area contributed by atoms with Crippen LogP contribution in [0.2, 0.25) is 0 Å². The van der Waals surface area contributed by atoms with Crippen molar-refractivity contribution in [3.05, 3.63) is 0 Å². The van der Waals surface area contributed by atoms with Gasteiger partial charge in [0.1, 0.15) is 0 Å². The van der Waals surface area contributed by atoms with E-state index in [2.05, 4.69) is 17.3 Å². The number of hydrogen-bond donors (Lipinski definition) is 2.